The molecule has 0 saturated carbocycles. The summed E-state index contributed by atoms with van der Waals surface area (Å²) in [6.45, 7) is 6.23. The molecule has 2 aromatic carbocycles. The minimum absolute atomic E-state index is 0.0684. The Labute approximate surface area is 138 Å². The van der Waals surface area contributed by atoms with Crippen molar-refractivity contribution in [2.24, 2.45) is 0 Å². The standard InChI is InChI=1S/C20H26O3/c1-3-4-11-22-12-13-23-20-9-7-17(8-10-20)18-6-5-16(2)19(14-18)15-21/h5-10,14,21H,3-4,11-13,15H2,1-2H3. The first-order valence-corrected chi connectivity index (χ1v) is 8.26. The summed E-state index contributed by atoms with van der Waals surface area (Å²) in [7, 11) is 0. The molecular weight excluding hydrogens is 288 g/mol. The maximum Gasteiger partial charge on any atom is 0.119 e. The SMILES string of the molecule is CCCCOCCOc1ccc(-c2ccc(C)c(CO)c2)cc1. The molecule has 2 aromatic rings. The third-order valence-corrected chi connectivity index (χ3v) is 3.85. The molecule has 3 heteroatoms. The molecule has 3 nitrogen and oxygen atoms in total. The number of benzene rings is 2. The summed E-state index contributed by atoms with van der Waals surface area (Å²) in [6, 6.07) is 14.2. The van der Waals surface area contributed by atoms with Crippen LogP contribution < -0.4 is 4.74 Å². The minimum Gasteiger partial charge on any atom is -0.491 e. The quantitative estimate of drug-likeness (QED) is 0.699. The molecule has 0 amide bonds. The van der Waals surface area contributed by atoms with Gasteiger partial charge in [-0.3, -0.25) is 0 Å². The van der Waals surface area contributed by atoms with Crippen LogP contribution in [0.5, 0.6) is 5.75 Å². The highest BCUT2D eigenvalue weighted by Gasteiger charge is 2.03. The van der Waals surface area contributed by atoms with Crippen molar-refractivity contribution in [2.75, 3.05) is 19.8 Å². The van der Waals surface area contributed by atoms with Crippen molar-refractivity contribution in [3.8, 4) is 16.9 Å². The van der Waals surface area contributed by atoms with Gasteiger partial charge in [0.2, 0.25) is 0 Å². The topological polar surface area (TPSA) is 38.7 Å². The van der Waals surface area contributed by atoms with E-state index in [2.05, 4.69) is 13.0 Å². The van der Waals surface area contributed by atoms with E-state index in [0.29, 0.717) is 13.2 Å². The monoisotopic (exact) mass is 314 g/mol. The van der Waals surface area contributed by atoms with E-state index in [1.54, 1.807) is 0 Å². The van der Waals surface area contributed by atoms with Gasteiger partial charge in [-0.05, 0) is 53.8 Å². The van der Waals surface area contributed by atoms with Crippen molar-refractivity contribution >= 4 is 0 Å². The average molecular weight is 314 g/mol. The van der Waals surface area contributed by atoms with Gasteiger partial charge in [0, 0.05) is 6.61 Å². The van der Waals surface area contributed by atoms with Crippen molar-refractivity contribution in [3.05, 3.63) is 53.6 Å². The normalized spacial score (nSPS) is 10.7. The van der Waals surface area contributed by atoms with E-state index in [4.69, 9.17) is 9.47 Å². The van der Waals surface area contributed by atoms with E-state index in [0.717, 1.165) is 47.5 Å². The molecule has 23 heavy (non-hydrogen) atoms. The lowest BCUT2D eigenvalue weighted by Crippen LogP contribution is -2.07. The molecule has 2 rings (SSSR count). The fourth-order valence-corrected chi connectivity index (χ4v) is 2.33. The summed E-state index contributed by atoms with van der Waals surface area (Å²) in [5.41, 5.74) is 4.30. The fourth-order valence-electron chi connectivity index (χ4n) is 2.33. The molecule has 0 radical (unpaired) electrons. The summed E-state index contributed by atoms with van der Waals surface area (Å²) in [4.78, 5) is 0. The second-order valence-corrected chi connectivity index (χ2v) is 5.64. The van der Waals surface area contributed by atoms with Crippen LogP contribution in [0, 0.1) is 6.92 Å². The van der Waals surface area contributed by atoms with Crippen LogP contribution in [0.25, 0.3) is 11.1 Å². The molecule has 124 valence electrons. The van der Waals surface area contributed by atoms with Crippen LogP contribution in [0.1, 0.15) is 30.9 Å². The summed E-state index contributed by atoms with van der Waals surface area (Å²) in [5.74, 6) is 0.849. The molecule has 0 heterocycles. The highest BCUT2D eigenvalue weighted by Crippen LogP contribution is 2.24. The number of hydrogen-bond acceptors (Lipinski definition) is 3. The Bertz CT molecular complexity index is 590. The van der Waals surface area contributed by atoms with Crippen LogP contribution >= 0.6 is 0 Å². The number of aryl methyl sites for hydroxylation is 1. The number of ether oxygens (including phenoxy) is 2. The maximum atomic E-state index is 9.38. The summed E-state index contributed by atoms with van der Waals surface area (Å²) in [5, 5.41) is 9.38. The molecule has 0 atom stereocenters. The Hall–Kier alpha value is -1.84. The Balaban J connectivity index is 1.89. The second-order valence-electron chi connectivity index (χ2n) is 5.64. The van der Waals surface area contributed by atoms with E-state index in [1.165, 1.54) is 0 Å². The van der Waals surface area contributed by atoms with Gasteiger partial charge in [-0.25, -0.2) is 0 Å². The maximum absolute atomic E-state index is 9.38. The number of aliphatic hydroxyl groups excluding tert-OH is 1. The molecule has 0 fully saturated rings. The zero-order chi connectivity index (χ0) is 16.5. The fraction of sp³-hybridized carbons (Fsp3) is 0.400. The van der Waals surface area contributed by atoms with Crippen LogP contribution in [0.15, 0.2) is 42.5 Å². The largest absolute Gasteiger partial charge is 0.491 e. The Kier molecular flexibility index (Phi) is 7.11. The first-order chi connectivity index (χ1) is 11.2. The number of aliphatic hydroxyl groups is 1. The van der Waals surface area contributed by atoms with Crippen molar-refractivity contribution in [1.29, 1.82) is 0 Å². The van der Waals surface area contributed by atoms with Gasteiger partial charge in [-0.2, -0.15) is 0 Å². The molecule has 0 saturated heterocycles. The zero-order valence-corrected chi connectivity index (χ0v) is 14.0. The first kappa shape index (κ1) is 17.5. The van der Waals surface area contributed by atoms with E-state index in [9.17, 15) is 5.11 Å². The highest BCUT2D eigenvalue weighted by atomic mass is 16.5. The van der Waals surface area contributed by atoms with Gasteiger partial charge in [0.25, 0.3) is 0 Å². The minimum atomic E-state index is 0.0684. The summed E-state index contributed by atoms with van der Waals surface area (Å²) >= 11 is 0. The molecule has 0 aromatic heterocycles. The molecule has 0 aliphatic rings. The lowest BCUT2D eigenvalue weighted by Gasteiger charge is -2.09. The van der Waals surface area contributed by atoms with Crippen molar-refractivity contribution in [1.82, 2.24) is 0 Å². The van der Waals surface area contributed by atoms with Crippen LogP contribution in [0.4, 0.5) is 0 Å². The van der Waals surface area contributed by atoms with Crippen molar-refractivity contribution < 1.29 is 14.6 Å². The van der Waals surface area contributed by atoms with Crippen LogP contribution in [0.2, 0.25) is 0 Å². The van der Waals surface area contributed by atoms with Crippen LogP contribution in [-0.2, 0) is 11.3 Å². The zero-order valence-electron chi connectivity index (χ0n) is 14.0. The molecule has 1 N–H and O–H groups in total. The molecule has 0 spiro atoms. The number of unbranched alkanes of at least 4 members (excludes halogenated alkanes) is 1. The van der Waals surface area contributed by atoms with Gasteiger partial charge in [0.05, 0.1) is 13.2 Å². The van der Waals surface area contributed by atoms with Gasteiger partial charge < -0.3 is 14.6 Å². The van der Waals surface area contributed by atoms with Crippen LogP contribution in [-0.4, -0.2) is 24.9 Å². The molecular formula is C20H26O3. The van der Waals surface area contributed by atoms with E-state index >= 15 is 0 Å². The summed E-state index contributed by atoms with van der Waals surface area (Å²) in [6.07, 6.45) is 2.25. The molecule has 0 aliphatic heterocycles. The lowest BCUT2D eigenvalue weighted by molar-refractivity contribution is 0.0981. The van der Waals surface area contributed by atoms with Crippen molar-refractivity contribution in [2.45, 2.75) is 33.3 Å². The molecule has 0 unspecified atom stereocenters. The van der Waals surface area contributed by atoms with Gasteiger partial charge in [0.15, 0.2) is 0 Å². The second kappa shape index (κ2) is 9.33. The molecule has 0 bridgehead atoms. The highest BCUT2D eigenvalue weighted by molar-refractivity contribution is 5.65. The van der Waals surface area contributed by atoms with Gasteiger partial charge in [-0.1, -0.05) is 37.6 Å². The predicted molar refractivity (Wildman–Crippen MR) is 93.8 cm³/mol. The Morgan fingerprint density at radius 2 is 1.65 bits per heavy atom. The number of hydrogen-bond donors (Lipinski definition) is 1. The third-order valence-electron chi connectivity index (χ3n) is 3.85. The van der Waals surface area contributed by atoms with Crippen molar-refractivity contribution in [3.63, 3.8) is 0 Å². The first-order valence-electron chi connectivity index (χ1n) is 8.26. The van der Waals surface area contributed by atoms with E-state index in [-0.39, 0.29) is 6.61 Å². The Morgan fingerprint density at radius 1 is 0.913 bits per heavy atom. The van der Waals surface area contributed by atoms with E-state index < -0.39 is 0 Å². The molecule has 0 aliphatic carbocycles. The predicted octanol–water partition coefficient (Wildman–Crippen LogP) is 4.35. The van der Waals surface area contributed by atoms with Gasteiger partial charge >= 0.3 is 0 Å². The average Bonchev–Trinajstić information content (AvgIpc) is 2.59. The smallest absolute Gasteiger partial charge is 0.119 e. The van der Waals surface area contributed by atoms with Crippen LogP contribution in [0.3, 0.4) is 0 Å². The van der Waals surface area contributed by atoms with Gasteiger partial charge in [0.1, 0.15) is 12.4 Å². The Morgan fingerprint density at radius 3 is 2.35 bits per heavy atom. The lowest BCUT2D eigenvalue weighted by atomic mass is 10.00. The number of rotatable bonds is 9. The third kappa shape index (κ3) is 5.38. The van der Waals surface area contributed by atoms with E-state index in [1.807, 2.05) is 43.3 Å². The summed E-state index contributed by atoms with van der Waals surface area (Å²) < 4.78 is 11.2. The van der Waals surface area contributed by atoms with Gasteiger partial charge in [-0.15, -0.1) is 0 Å².